The molecule has 0 bridgehead atoms. The van der Waals surface area contributed by atoms with Crippen molar-refractivity contribution in [3.05, 3.63) is 34.0 Å². The van der Waals surface area contributed by atoms with Crippen molar-refractivity contribution in [3.8, 4) is 0 Å². The number of oxime groups is 1. The van der Waals surface area contributed by atoms with Crippen molar-refractivity contribution in [1.29, 1.82) is 0 Å². The Kier molecular flexibility index (Phi) is 5.56. The number of aliphatic carboxylic acids is 1. The molecule has 3 fully saturated rings. The van der Waals surface area contributed by atoms with E-state index in [1.807, 2.05) is 4.90 Å². The molecule has 1 aromatic rings. The van der Waals surface area contributed by atoms with Crippen LogP contribution >= 0.6 is 23.1 Å². The number of nitrogens with one attached hydrogen (secondary N) is 1. The standard InChI is InChI=1S/C20H20N6O6S2/c21-20-22-11(7-34-20)12(24-32)15(27)23-13-17(29)26-14(19(30)31)9(6-33-18(13)26)5-8-3-4-25(16(8)28)10-1-2-10/h5,7,10,13,18,32H,1-4,6H2,(H2,21,22)(H,23,27)(H,30,31)/b8-5+,24-12+/t13-,18-/m1/s1. The first kappa shape index (κ1) is 22.4. The second kappa shape index (κ2) is 8.43. The van der Waals surface area contributed by atoms with Gasteiger partial charge in [0.1, 0.15) is 22.8 Å². The molecule has 178 valence electrons. The predicted octanol–water partition coefficient (Wildman–Crippen LogP) is -0.0367. The zero-order valence-corrected chi connectivity index (χ0v) is 19.3. The van der Waals surface area contributed by atoms with Gasteiger partial charge in [0.05, 0.1) is 0 Å². The number of thiazole rings is 1. The highest BCUT2D eigenvalue weighted by atomic mass is 32.2. The number of amides is 3. The van der Waals surface area contributed by atoms with Crippen LogP contribution in [0.5, 0.6) is 0 Å². The van der Waals surface area contributed by atoms with E-state index in [0.717, 1.165) is 29.1 Å². The van der Waals surface area contributed by atoms with Crippen molar-refractivity contribution in [2.24, 2.45) is 5.16 Å². The number of carboxylic acid groups (broad SMARTS) is 1. The molecule has 4 heterocycles. The van der Waals surface area contributed by atoms with Crippen LogP contribution in [-0.4, -0.2) is 84.3 Å². The van der Waals surface area contributed by atoms with Gasteiger partial charge in [-0.25, -0.2) is 9.78 Å². The Labute approximate surface area is 201 Å². The number of hydrogen-bond donors (Lipinski definition) is 4. The van der Waals surface area contributed by atoms with Crippen molar-refractivity contribution in [3.63, 3.8) is 0 Å². The number of rotatable bonds is 6. The van der Waals surface area contributed by atoms with E-state index in [2.05, 4.69) is 15.5 Å². The molecule has 14 heteroatoms. The first-order chi connectivity index (χ1) is 16.3. The average Bonchev–Trinajstić information content (AvgIpc) is 3.46. The minimum absolute atomic E-state index is 0.0592. The van der Waals surface area contributed by atoms with Crippen LogP contribution in [0.4, 0.5) is 5.13 Å². The minimum Gasteiger partial charge on any atom is -0.477 e. The van der Waals surface area contributed by atoms with Gasteiger partial charge < -0.3 is 26.3 Å². The fourth-order valence-electron chi connectivity index (χ4n) is 4.29. The fraction of sp³-hybridized carbons (Fsp3) is 0.400. The third-order valence-corrected chi connectivity index (χ3v) is 8.04. The third-order valence-electron chi connectivity index (χ3n) is 6.06. The maximum absolute atomic E-state index is 12.9. The van der Waals surface area contributed by atoms with Crippen LogP contribution in [-0.2, 0) is 19.2 Å². The van der Waals surface area contributed by atoms with E-state index < -0.39 is 34.9 Å². The van der Waals surface area contributed by atoms with E-state index in [0.29, 0.717) is 24.1 Å². The SMILES string of the molecule is Nc1nc(/C(=N\O)C(=O)N[C@@H]2C(=O)N3C(C(=O)O)=C(/C=C4\CCN(C5CC5)C4=O)CS[C@H]23)cs1. The Morgan fingerprint density at radius 2 is 2.09 bits per heavy atom. The second-order valence-electron chi connectivity index (χ2n) is 8.21. The molecular formula is C20H20N6O6S2. The maximum atomic E-state index is 12.9. The highest BCUT2D eigenvalue weighted by Crippen LogP contribution is 2.41. The maximum Gasteiger partial charge on any atom is 0.352 e. The molecule has 0 aromatic carbocycles. The van der Waals surface area contributed by atoms with Crippen LogP contribution in [0.1, 0.15) is 25.0 Å². The molecule has 34 heavy (non-hydrogen) atoms. The number of hydrogen-bond acceptors (Lipinski definition) is 10. The van der Waals surface area contributed by atoms with Crippen molar-refractivity contribution in [2.75, 3.05) is 18.0 Å². The number of nitrogens with zero attached hydrogens (tertiary/aromatic N) is 4. The number of fused-ring (bicyclic) bond motifs is 1. The number of β-lactam (4-membered cyclic amide) rings is 1. The predicted molar refractivity (Wildman–Crippen MR) is 122 cm³/mol. The van der Waals surface area contributed by atoms with Gasteiger partial charge in [0.25, 0.3) is 11.8 Å². The van der Waals surface area contributed by atoms with Gasteiger partial charge in [-0.2, -0.15) is 0 Å². The van der Waals surface area contributed by atoms with E-state index >= 15 is 0 Å². The lowest BCUT2D eigenvalue weighted by molar-refractivity contribution is -0.150. The van der Waals surface area contributed by atoms with Gasteiger partial charge in [-0.05, 0) is 30.9 Å². The molecule has 2 atom stereocenters. The molecule has 3 aliphatic heterocycles. The summed E-state index contributed by atoms with van der Waals surface area (Å²) in [5.41, 5.74) is 5.96. The highest BCUT2D eigenvalue weighted by molar-refractivity contribution is 8.00. The summed E-state index contributed by atoms with van der Waals surface area (Å²) >= 11 is 2.34. The number of likely N-dealkylation sites (tertiary alicyclic amines) is 1. The molecule has 0 radical (unpaired) electrons. The molecule has 2 saturated heterocycles. The number of nitrogens with two attached hydrogens (primary N) is 1. The van der Waals surface area contributed by atoms with Gasteiger partial charge in [0.15, 0.2) is 10.8 Å². The molecule has 1 aliphatic carbocycles. The Bertz CT molecular complexity index is 1200. The van der Waals surface area contributed by atoms with Crippen molar-refractivity contribution in [1.82, 2.24) is 20.1 Å². The lowest BCUT2D eigenvalue weighted by Gasteiger charge is -2.49. The monoisotopic (exact) mass is 504 g/mol. The molecule has 5 rings (SSSR count). The first-order valence-electron chi connectivity index (χ1n) is 10.5. The summed E-state index contributed by atoms with van der Waals surface area (Å²) in [5.74, 6) is -2.55. The number of carbonyl (C=O) groups excluding carboxylic acids is 3. The number of anilines is 1. The Morgan fingerprint density at radius 1 is 1.32 bits per heavy atom. The van der Waals surface area contributed by atoms with Crippen LogP contribution in [0.25, 0.3) is 0 Å². The molecular weight excluding hydrogens is 484 g/mol. The third kappa shape index (κ3) is 3.72. The van der Waals surface area contributed by atoms with Gasteiger partial charge in [-0.3, -0.25) is 19.3 Å². The second-order valence-corrected chi connectivity index (χ2v) is 10.2. The number of allylic oxidation sites excluding steroid dienone is 1. The molecule has 0 unspecified atom stereocenters. The Morgan fingerprint density at radius 3 is 2.71 bits per heavy atom. The number of aromatic nitrogens is 1. The van der Waals surface area contributed by atoms with Crippen molar-refractivity contribution >= 4 is 57.6 Å². The number of carboxylic acids is 1. The normalized spacial score (nSPS) is 26.1. The zero-order chi connectivity index (χ0) is 24.1. The Hall–Kier alpha value is -3.39. The summed E-state index contributed by atoms with van der Waals surface area (Å²) in [6.07, 6.45) is 4.12. The summed E-state index contributed by atoms with van der Waals surface area (Å²) in [5, 5.41) is 25.5. The molecule has 5 N–H and O–H groups in total. The van der Waals surface area contributed by atoms with Crippen molar-refractivity contribution in [2.45, 2.75) is 36.7 Å². The topological polar surface area (TPSA) is 179 Å². The first-order valence-corrected chi connectivity index (χ1v) is 12.4. The van der Waals surface area contributed by atoms with Crippen LogP contribution in [0.15, 0.2) is 33.5 Å². The molecule has 1 saturated carbocycles. The molecule has 12 nitrogen and oxygen atoms in total. The van der Waals surface area contributed by atoms with Gasteiger partial charge in [0.2, 0.25) is 5.91 Å². The molecule has 4 aliphatic rings. The van der Waals surface area contributed by atoms with Crippen LogP contribution in [0, 0.1) is 0 Å². The lowest BCUT2D eigenvalue weighted by Crippen LogP contribution is -2.71. The van der Waals surface area contributed by atoms with Crippen molar-refractivity contribution < 1.29 is 29.5 Å². The summed E-state index contributed by atoms with van der Waals surface area (Å²) in [6.45, 7) is 0.622. The van der Waals surface area contributed by atoms with Crippen LogP contribution < -0.4 is 11.1 Å². The van der Waals surface area contributed by atoms with Crippen LogP contribution in [0.2, 0.25) is 0 Å². The summed E-state index contributed by atoms with van der Waals surface area (Å²) in [4.78, 5) is 57.0. The summed E-state index contributed by atoms with van der Waals surface area (Å²) < 4.78 is 0. The average molecular weight is 505 g/mol. The number of nitrogen functional groups attached to an aromatic ring is 1. The molecule has 0 spiro atoms. The minimum atomic E-state index is -1.28. The van der Waals surface area contributed by atoms with E-state index in [-0.39, 0.29) is 34.2 Å². The van der Waals surface area contributed by atoms with Gasteiger partial charge in [-0.15, -0.1) is 23.1 Å². The highest BCUT2D eigenvalue weighted by Gasteiger charge is 2.54. The van der Waals surface area contributed by atoms with E-state index in [4.69, 9.17) is 5.73 Å². The van der Waals surface area contributed by atoms with E-state index in [1.54, 1.807) is 6.08 Å². The largest absolute Gasteiger partial charge is 0.477 e. The number of thioether (sulfide) groups is 1. The smallest absolute Gasteiger partial charge is 0.352 e. The lowest BCUT2D eigenvalue weighted by atomic mass is 10.0. The van der Waals surface area contributed by atoms with E-state index in [1.165, 1.54) is 17.1 Å². The molecule has 3 amide bonds. The quantitative estimate of drug-likeness (QED) is 0.136. The van der Waals surface area contributed by atoms with Gasteiger partial charge in [0, 0.05) is 29.3 Å². The fourth-order valence-corrected chi connectivity index (χ4v) is 6.14. The summed E-state index contributed by atoms with van der Waals surface area (Å²) in [7, 11) is 0. The number of carbonyl (C=O) groups is 4. The summed E-state index contributed by atoms with van der Waals surface area (Å²) in [6, 6.07) is -0.724. The zero-order valence-electron chi connectivity index (χ0n) is 17.6. The van der Waals surface area contributed by atoms with Gasteiger partial charge >= 0.3 is 5.97 Å². The van der Waals surface area contributed by atoms with Crippen LogP contribution in [0.3, 0.4) is 0 Å². The van der Waals surface area contributed by atoms with Gasteiger partial charge in [-0.1, -0.05) is 5.16 Å². The Balaban J connectivity index is 1.34. The molecule has 1 aromatic heterocycles. The van der Waals surface area contributed by atoms with E-state index in [9.17, 15) is 29.5 Å².